The van der Waals surface area contributed by atoms with E-state index in [2.05, 4.69) is 17.4 Å². The summed E-state index contributed by atoms with van der Waals surface area (Å²) in [6.07, 6.45) is 7.01. The summed E-state index contributed by atoms with van der Waals surface area (Å²) in [5.74, 6) is 0.221. The van der Waals surface area contributed by atoms with E-state index in [1.807, 2.05) is 12.1 Å². The zero-order valence-electron chi connectivity index (χ0n) is 12.5. The van der Waals surface area contributed by atoms with Crippen molar-refractivity contribution in [3.8, 4) is 0 Å². The number of rotatable bonds is 2. The van der Waals surface area contributed by atoms with Crippen LogP contribution in [0.2, 0.25) is 0 Å². The Hall–Kier alpha value is -1.75. The average molecular weight is 316 g/mol. The van der Waals surface area contributed by atoms with Crippen LogP contribution in [0, 0.1) is 0 Å². The van der Waals surface area contributed by atoms with E-state index < -0.39 is 0 Å². The molecule has 1 heterocycles. The minimum atomic E-state index is -0.221. The van der Waals surface area contributed by atoms with Crippen LogP contribution in [-0.2, 0) is 9.59 Å². The van der Waals surface area contributed by atoms with Gasteiger partial charge in [-0.05, 0) is 48.7 Å². The second-order valence-corrected chi connectivity index (χ2v) is 6.40. The standard InChI is InChI=1S/C17H20N2O2S/c20-15-10-11-16(21)19(15)17(22)18-14-8-6-13(7-9-14)12-4-2-1-3-5-12/h6-9,12H,1-5,10-11H2,(H,18,22). The summed E-state index contributed by atoms with van der Waals surface area (Å²) in [5.41, 5.74) is 2.18. The van der Waals surface area contributed by atoms with E-state index in [-0.39, 0.29) is 29.8 Å². The van der Waals surface area contributed by atoms with Crippen LogP contribution in [-0.4, -0.2) is 21.8 Å². The Bertz CT molecular complexity index is 575. The van der Waals surface area contributed by atoms with Crippen LogP contribution in [0.15, 0.2) is 24.3 Å². The number of thiocarbonyl (C=S) groups is 1. The maximum Gasteiger partial charge on any atom is 0.236 e. The van der Waals surface area contributed by atoms with Gasteiger partial charge in [0.15, 0.2) is 5.11 Å². The Morgan fingerprint density at radius 1 is 1.00 bits per heavy atom. The molecule has 3 rings (SSSR count). The SMILES string of the molecule is O=C1CCC(=O)N1C(=S)Nc1ccc(C2CCCCC2)cc1. The van der Waals surface area contributed by atoms with Crippen LogP contribution in [0.4, 0.5) is 5.69 Å². The number of likely N-dealkylation sites (tertiary alicyclic amines) is 1. The highest BCUT2D eigenvalue weighted by Crippen LogP contribution is 2.33. The highest BCUT2D eigenvalue weighted by molar-refractivity contribution is 7.80. The molecule has 1 saturated carbocycles. The normalized spacial score (nSPS) is 19.5. The van der Waals surface area contributed by atoms with Gasteiger partial charge in [-0.2, -0.15) is 0 Å². The van der Waals surface area contributed by atoms with Gasteiger partial charge in [0, 0.05) is 18.5 Å². The van der Waals surface area contributed by atoms with E-state index in [4.69, 9.17) is 12.2 Å². The molecular formula is C17H20N2O2S. The first-order valence-electron chi connectivity index (χ1n) is 7.92. The molecule has 1 aromatic carbocycles. The van der Waals surface area contributed by atoms with E-state index in [0.29, 0.717) is 5.92 Å². The topological polar surface area (TPSA) is 49.4 Å². The molecule has 1 aliphatic carbocycles. The van der Waals surface area contributed by atoms with Crippen LogP contribution >= 0.6 is 12.2 Å². The third-order valence-electron chi connectivity index (χ3n) is 4.49. The van der Waals surface area contributed by atoms with Crippen molar-refractivity contribution < 1.29 is 9.59 Å². The lowest BCUT2D eigenvalue weighted by atomic mass is 9.84. The van der Waals surface area contributed by atoms with E-state index >= 15 is 0 Å². The molecule has 0 spiro atoms. The minimum Gasteiger partial charge on any atom is -0.332 e. The number of carbonyl (C=O) groups is 2. The predicted molar refractivity (Wildman–Crippen MR) is 89.6 cm³/mol. The van der Waals surface area contributed by atoms with Crippen molar-refractivity contribution in [2.24, 2.45) is 0 Å². The molecule has 2 fully saturated rings. The largest absolute Gasteiger partial charge is 0.332 e. The molecule has 5 heteroatoms. The van der Waals surface area contributed by atoms with Crippen molar-refractivity contribution in [1.29, 1.82) is 0 Å². The zero-order valence-corrected chi connectivity index (χ0v) is 13.3. The fraction of sp³-hybridized carbons (Fsp3) is 0.471. The molecule has 4 nitrogen and oxygen atoms in total. The quantitative estimate of drug-likeness (QED) is 0.669. The van der Waals surface area contributed by atoms with Gasteiger partial charge in [-0.3, -0.25) is 9.59 Å². The third-order valence-corrected chi connectivity index (χ3v) is 4.78. The number of nitrogens with one attached hydrogen (secondary N) is 1. The van der Waals surface area contributed by atoms with Gasteiger partial charge < -0.3 is 5.32 Å². The maximum absolute atomic E-state index is 11.7. The van der Waals surface area contributed by atoms with Crippen LogP contribution < -0.4 is 5.32 Å². The van der Waals surface area contributed by atoms with Crippen molar-refractivity contribution in [3.63, 3.8) is 0 Å². The van der Waals surface area contributed by atoms with Gasteiger partial charge in [-0.25, -0.2) is 4.90 Å². The van der Waals surface area contributed by atoms with Crippen LogP contribution in [0.5, 0.6) is 0 Å². The van der Waals surface area contributed by atoms with Crippen molar-refractivity contribution in [2.75, 3.05) is 5.32 Å². The average Bonchev–Trinajstić information content (AvgIpc) is 2.88. The highest BCUT2D eigenvalue weighted by atomic mass is 32.1. The molecule has 0 atom stereocenters. The third kappa shape index (κ3) is 3.19. The molecule has 1 aliphatic heterocycles. The summed E-state index contributed by atoms with van der Waals surface area (Å²) < 4.78 is 0. The van der Waals surface area contributed by atoms with E-state index in [0.717, 1.165) is 10.6 Å². The van der Waals surface area contributed by atoms with Crippen molar-refractivity contribution in [2.45, 2.75) is 50.9 Å². The smallest absolute Gasteiger partial charge is 0.236 e. The lowest BCUT2D eigenvalue weighted by Gasteiger charge is -2.22. The molecule has 1 saturated heterocycles. The lowest BCUT2D eigenvalue weighted by Crippen LogP contribution is -2.38. The monoisotopic (exact) mass is 316 g/mol. The van der Waals surface area contributed by atoms with Crippen molar-refractivity contribution in [3.05, 3.63) is 29.8 Å². The molecule has 0 radical (unpaired) electrons. The predicted octanol–water partition coefficient (Wildman–Crippen LogP) is 3.58. The summed E-state index contributed by atoms with van der Waals surface area (Å²) in [6, 6.07) is 8.19. The van der Waals surface area contributed by atoms with Crippen molar-refractivity contribution in [1.82, 2.24) is 4.90 Å². The Labute approximate surface area is 135 Å². The Balaban J connectivity index is 1.64. The van der Waals surface area contributed by atoms with Crippen LogP contribution in [0.3, 0.4) is 0 Å². The van der Waals surface area contributed by atoms with E-state index in [1.54, 1.807) is 0 Å². The number of carbonyl (C=O) groups excluding carboxylic acids is 2. The lowest BCUT2D eigenvalue weighted by molar-refractivity contribution is -0.133. The summed E-state index contributed by atoms with van der Waals surface area (Å²) in [4.78, 5) is 24.4. The first-order valence-corrected chi connectivity index (χ1v) is 8.33. The van der Waals surface area contributed by atoms with Gasteiger partial charge in [-0.15, -0.1) is 0 Å². The number of amides is 2. The van der Waals surface area contributed by atoms with Gasteiger partial charge in [0.1, 0.15) is 0 Å². The molecule has 0 aromatic heterocycles. The number of hydrogen-bond acceptors (Lipinski definition) is 3. The first-order chi connectivity index (χ1) is 10.6. The molecule has 0 bridgehead atoms. The molecule has 116 valence electrons. The van der Waals surface area contributed by atoms with E-state index in [9.17, 15) is 9.59 Å². The van der Waals surface area contributed by atoms with Gasteiger partial charge in [-0.1, -0.05) is 31.4 Å². The van der Waals surface area contributed by atoms with Crippen LogP contribution in [0.1, 0.15) is 56.4 Å². The molecular weight excluding hydrogens is 296 g/mol. The number of hydrogen-bond donors (Lipinski definition) is 1. The highest BCUT2D eigenvalue weighted by Gasteiger charge is 2.32. The fourth-order valence-electron chi connectivity index (χ4n) is 3.26. The molecule has 0 unspecified atom stereocenters. The Morgan fingerprint density at radius 3 is 2.18 bits per heavy atom. The Kier molecular flexibility index (Phi) is 4.52. The van der Waals surface area contributed by atoms with Gasteiger partial charge >= 0.3 is 0 Å². The number of anilines is 1. The van der Waals surface area contributed by atoms with Gasteiger partial charge in [0.05, 0.1) is 0 Å². The number of benzene rings is 1. The van der Waals surface area contributed by atoms with Gasteiger partial charge in [0.25, 0.3) is 0 Å². The van der Waals surface area contributed by atoms with Gasteiger partial charge in [0.2, 0.25) is 11.8 Å². The fourth-order valence-corrected chi connectivity index (χ4v) is 3.58. The first kappa shape index (κ1) is 15.2. The van der Waals surface area contributed by atoms with E-state index in [1.165, 1.54) is 37.7 Å². The second-order valence-electron chi connectivity index (χ2n) is 6.01. The number of imide groups is 1. The molecule has 1 aromatic rings. The number of nitrogens with zero attached hydrogens (tertiary/aromatic N) is 1. The summed E-state index contributed by atoms with van der Waals surface area (Å²) >= 11 is 5.18. The Morgan fingerprint density at radius 2 is 1.59 bits per heavy atom. The molecule has 2 amide bonds. The molecule has 22 heavy (non-hydrogen) atoms. The minimum absolute atomic E-state index is 0.179. The van der Waals surface area contributed by atoms with Crippen molar-refractivity contribution >= 4 is 34.8 Å². The summed E-state index contributed by atoms with van der Waals surface area (Å²) in [6.45, 7) is 0. The zero-order chi connectivity index (χ0) is 15.5. The molecule has 2 aliphatic rings. The second kappa shape index (κ2) is 6.57. The molecule has 1 N–H and O–H groups in total. The summed E-state index contributed by atoms with van der Waals surface area (Å²) in [7, 11) is 0. The van der Waals surface area contributed by atoms with Crippen LogP contribution in [0.25, 0.3) is 0 Å². The summed E-state index contributed by atoms with van der Waals surface area (Å²) in [5, 5.41) is 3.17. The maximum atomic E-state index is 11.7.